The van der Waals surface area contributed by atoms with E-state index in [4.69, 9.17) is 0 Å². The van der Waals surface area contributed by atoms with Crippen LogP contribution in [0.1, 0.15) is 26.7 Å². The molecule has 0 radical (unpaired) electrons. The Morgan fingerprint density at radius 3 is 2.13 bits per heavy atom. The summed E-state index contributed by atoms with van der Waals surface area (Å²) in [6.07, 6.45) is 1.18. The molecule has 0 aromatic carbocycles. The predicted molar refractivity (Wildman–Crippen MR) is 77.3 cm³/mol. The van der Waals surface area contributed by atoms with Gasteiger partial charge in [0.25, 0.3) is 0 Å². The van der Waals surface area contributed by atoms with Gasteiger partial charge in [-0.25, -0.2) is 0 Å². The van der Waals surface area contributed by atoms with E-state index in [9.17, 15) is 4.79 Å². The molecule has 0 aliphatic carbocycles. The van der Waals surface area contributed by atoms with Gasteiger partial charge < -0.3 is 4.74 Å². The van der Waals surface area contributed by atoms with Crippen LogP contribution in [0.3, 0.4) is 0 Å². The van der Waals surface area contributed by atoms with E-state index < -0.39 is 0 Å². The van der Waals surface area contributed by atoms with E-state index in [1.807, 2.05) is 13.8 Å². The lowest BCUT2D eigenvalue weighted by Crippen LogP contribution is -2.30. The molecule has 0 heterocycles. The highest BCUT2D eigenvalue weighted by molar-refractivity contribution is 9.39. The normalized spacial score (nSPS) is 14.9. The van der Waals surface area contributed by atoms with Crippen LogP contribution in [0.5, 0.6) is 0 Å². The molecule has 15 heavy (non-hydrogen) atoms. The Morgan fingerprint density at radius 2 is 1.80 bits per heavy atom. The Bertz CT molecular complexity index is 223. The molecule has 0 amide bonds. The second-order valence-corrected chi connectivity index (χ2v) is 12.4. The summed E-state index contributed by atoms with van der Waals surface area (Å²) in [7, 11) is 1.41. The molecule has 0 saturated heterocycles. The Hall–Kier alpha value is 1.39. The molecule has 0 aliphatic rings. The van der Waals surface area contributed by atoms with Crippen molar-refractivity contribution in [3.8, 4) is 0 Å². The van der Waals surface area contributed by atoms with Gasteiger partial charge in [0.05, 0.1) is 13.5 Å². The van der Waals surface area contributed by atoms with E-state index in [0.29, 0.717) is 6.42 Å². The molecule has 0 spiro atoms. The quantitative estimate of drug-likeness (QED) is 0.442. The first-order valence-corrected chi connectivity index (χ1v) is 7.65. The minimum Gasteiger partial charge on any atom is -0.469 e. The maximum atomic E-state index is 11.2. The second kappa shape index (κ2) is 6.36. The Kier molecular flexibility index (Phi) is 6.95. The Labute approximate surface area is 124 Å². The summed E-state index contributed by atoms with van der Waals surface area (Å²) < 4.78 is 4.37. The molecule has 0 rings (SSSR count). The zero-order valence-electron chi connectivity index (χ0n) is 8.82. The summed E-state index contributed by atoms with van der Waals surface area (Å²) in [6.45, 7) is 4.06. The van der Waals surface area contributed by atoms with Crippen LogP contribution in [-0.4, -0.2) is 20.0 Å². The maximum absolute atomic E-state index is 11.2. The lowest BCUT2D eigenvalue weighted by Gasteiger charge is -2.31. The van der Waals surface area contributed by atoms with Gasteiger partial charge in [-0.2, -0.15) is 0 Å². The summed E-state index contributed by atoms with van der Waals surface area (Å²) in [5.74, 6) is -0.186. The highest BCUT2D eigenvalue weighted by Gasteiger charge is 2.35. The van der Waals surface area contributed by atoms with E-state index in [-0.39, 0.29) is 18.4 Å². The van der Waals surface area contributed by atoms with Crippen molar-refractivity contribution < 1.29 is 9.53 Å². The molecule has 2 nitrogen and oxygen atoms in total. The SMILES string of the molecule is COC(=O)CC(C)(C)C(Br)CC(Br)(Br)Br. The smallest absolute Gasteiger partial charge is 0.306 e. The van der Waals surface area contributed by atoms with Crippen molar-refractivity contribution in [2.45, 2.75) is 33.7 Å². The Morgan fingerprint density at radius 1 is 1.33 bits per heavy atom. The fraction of sp³-hybridized carbons (Fsp3) is 0.889. The molecule has 0 aromatic rings. The summed E-state index contributed by atoms with van der Waals surface area (Å²) in [6, 6.07) is 0. The minimum absolute atomic E-state index is 0.159. The van der Waals surface area contributed by atoms with E-state index in [1.165, 1.54) is 7.11 Å². The standard InChI is InChI=1S/C9H14Br4O2/c1-8(2,5-7(14)15-3)6(10)4-9(11,12)13/h6H,4-5H2,1-3H3. The fourth-order valence-corrected chi connectivity index (χ4v) is 3.96. The lowest BCUT2D eigenvalue weighted by molar-refractivity contribution is -0.142. The van der Waals surface area contributed by atoms with Crippen LogP contribution < -0.4 is 0 Å². The zero-order valence-corrected chi connectivity index (χ0v) is 15.2. The van der Waals surface area contributed by atoms with Gasteiger partial charge in [-0.3, -0.25) is 4.79 Å². The average Bonchev–Trinajstić information content (AvgIpc) is 2.00. The molecular formula is C9H14Br4O2. The number of hydrogen-bond acceptors (Lipinski definition) is 2. The van der Waals surface area contributed by atoms with Gasteiger partial charge in [0.2, 0.25) is 0 Å². The van der Waals surface area contributed by atoms with Crippen LogP contribution >= 0.6 is 63.7 Å². The van der Waals surface area contributed by atoms with Gasteiger partial charge in [0.15, 0.2) is 0 Å². The van der Waals surface area contributed by atoms with Crippen LogP contribution in [0.4, 0.5) is 0 Å². The fourth-order valence-electron chi connectivity index (χ4n) is 1.03. The summed E-state index contributed by atoms with van der Waals surface area (Å²) >= 11 is 13.9. The highest BCUT2D eigenvalue weighted by atomic mass is 80.0. The van der Waals surface area contributed by atoms with Crippen molar-refractivity contribution >= 4 is 69.7 Å². The average molecular weight is 474 g/mol. The van der Waals surface area contributed by atoms with Gasteiger partial charge in [0.1, 0.15) is 2.14 Å². The minimum atomic E-state index is -0.297. The number of hydrogen-bond donors (Lipinski definition) is 0. The molecule has 0 N–H and O–H groups in total. The number of carbonyl (C=O) groups excluding carboxylic acids is 1. The van der Waals surface area contributed by atoms with Crippen LogP contribution in [0, 0.1) is 5.41 Å². The number of halogens is 4. The first kappa shape index (κ1) is 16.4. The van der Waals surface area contributed by atoms with Crippen molar-refractivity contribution in [2.75, 3.05) is 7.11 Å². The van der Waals surface area contributed by atoms with E-state index in [2.05, 4.69) is 68.5 Å². The molecule has 0 saturated carbocycles. The van der Waals surface area contributed by atoms with Crippen molar-refractivity contribution in [2.24, 2.45) is 5.41 Å². The van der Waals surface area contributed by atoms with E-state index >= 15 is 0 Å². The predicted octanol–water partition coefficient (Wildman–Crippen LogP) is 4.57. The van der Waals surface area contributed by atoms with Gasteiger partial charge in [0, 0.05) is 4.83 Å². The lowest BCUT2D eigenvalue weighted by atomic mass is 9.84. The van der Waals surface area contributed by atoms with Crippen molar-refractivity contribution in [3.05, 3.63) is 0 Å². The number of esters is 1. The topological polar surface area (TPSA) is 26.3 Å². The molecule has 0 aromatic heterocycles. The van der Waals surface area contributed by atoms with Gasteiger partial charge in [-0.15, -0.1) is 0 Å². The zero-order chi connectivity index (χ0) is 12.3. The van der Waals surface area contributed by atoms with E-state index in [1.54, 1.807) is 0 Å². The largest absolute Gasteiger partial charge is 0.469 e. The summed E-state index contributed by atoms with van der Waals surface area (Å²) in [4.78, 5) is 11.4. The summed E-state index contributed by atoms with van der Waals surface area (Å²) in [5.41, 5.74) is -0.159. The number of ether oxygens (including phenoxy) is 1. The van der Waals surface area contributed by atoms with E-state index in [0.717, 1.165) is 6.42 Å². The third kappa shape index (κ3) is 7.34. The molecule has 0 bridgehead atoms. The number of methoxy groups -OCH3 is 1. The van der Waals surface area contributed by atoms with Gasteiger partial charge in [-0.1, -0.05) is 77.6 Å². The van der Waals surface area contributed by atoms with Gasteiger partial charge in [-0.05, 0) is 11.8 Å². The second-order valence-electron chi connectivity index (χ2n) is 4.03. The third-order valence-corrected chi connectivity index (χ3v) is 4.62. The van der Waals surface area contributed by atoms with Crippen LogP contribution in [0.2, 0.25) is 0 Å². The third-order valence-electron chi connectivity index (χ3n) is 2.09. The monoisotopic (exact) mass is 470 g/mol. The molecular weight excluding hydrogens is 460 g/mol. The van der Waals surface area contributed by atoms with Crippen molar-refractivity contribution in [3.63, 3.8) is 0 Å². The number of carbonyl (C=O) groups is 1. The number of alkyl halides is 4. The first-order valence-electron chi connectivity index (χ1n) is 4.36. The summed E-state index contributed by atoms with van der Waals surface area (Å²) in [5, 5.41) is 0. The van der Waals surface area contributed by atoms with Crippen LogP contribution in [0.15, 0.2) is 0 Å². The molecule has 1 unspecified atom stereocenters. The molecule has 90 valence electrons. The molecule has 6 heteroatoms. The highest BCUT2D eigenvalue weighted by Crippen LogP contribution is 2.45. The van der Waals surface area contributed by atoms with Crippen molar-refractivity contribution in [1.29, 1.82) is 0 Å². The Balaban J connectivity index is 4.38. The van der Waals surface area contributed by atoms with Crippen molar-refractivity contribution in [1.82, 2.24) is 0 Å². The molecule has 0 fully saturated rings. The van der Waals surface area contributed by atoms with Crippen LogP contribution in [0.25, 0.3) is 0 Å². The first-order chi connectivity index (χ1) is 6.58. The van der Waals surface area contributed by atoms with Gasteiger partial charge >= 0.3 is 5.97 Å². The maximum Gasteiger partial charge on any atom is 0.306 e. The van der Waals surface area contributed by atoms with Crippen LogP contribution in [-0.2, 0) is 9.53 Å². The molecule has 0 aliphatic heterocycles. The number of rotatable bonds is 4. The molecule has 1 atom stereocenters.